The number of amides is 1. The highest BCUT2D eigenvalue weighted by Crippen LogP contribution is 2.38. The zero-order valence-corrected chi connectivity index (χ0v) is 27.7. The van der Waals surface area contributed by atoms with E-state index >= 15 is 0 Å². The van der Waals surface area contributed by atoms with Crippen LogP contribution in [0.5, 0.6) is 0 Å². The van der Waals surface area contributed by atoms with Crippen molar-refractivity contribution < 1.29 is 31.8 Å². The van der Waals surface area contributed by atoms with Crippen molar-refractivity contribution in [1.82, 2.24) is 24.8 Å². The van der Waals surface area contributed by atoms with Crippen LogP contribution in [0.25, 0.3) is 22.0 Å². The van der Waals surface area contributed by atoms with E-state index in [1.807, 2.05) is 0 Å². The summed E-state index contributed by atoms with van der Waals surface area (Å²) in [6.07, 6.45) is -2.17. The summed E-state index contributed by atoms with van der Waals surface area (Å²) in [4.78, 5) is 17.9. The van der Waals surface area contributed by atoms with Gasteiger partial charge in [-0.3, -0.25) is 4.68 Å². The van der Waals surface area contributed by atoms with Gasteiger partial charge in [-0.25, -0.2) is 31.7 Å². The molecule has 4 rings (SSSR count). The van der Waals surface area contributed by atoms with Crippen LogP contribution in [0.3, 0.4) is 0 Å². The van der Waals surface area contributed by atoms with Gasteiger partial charge in [-0.1, -0.05) is 18.1 Å². The second-order valence-electron chi connectivity index (χ2n) is 12.5. The summed E-state index contributed by atoms with van der Waals surface area (Å²) in [6, 6.07) is 9.82. The van der Waals surface area contributed by atoms with Gasteiger partial charge in [-0.15, -0.1) is 0 Å². The van der Waals surface area contributed by atoms with E-state index in [1.54, 1.807) is 59.0 Å². The highest BCUT2D eigenvalue weighted by molar-refractivity contribution is 7.89. The van der Waals surface area contributed by atoms with E-state index in [1.165, 1.54) is 25.6 Å². The minimum absolute atomic E-state index is 0.165. The van der Waals surface area contributed by atoms with Crippen LogP contribution in [0.1, 0.15) is 63.2 Å². The van der Waals surface area contributed by atoms with Crippen LogP contribution in [0.15, 0.2) is 47.5 Å². The predicted octanol–water partition coefficient (Wildman–Crippen LogP) is 5.06. The van der Waals surface area contributed by atoms with Crippen molar-refractivity contribution in [2.45, 2.75) is 70.2 Å². The average molecular weight is 654 g/mol. The Labute approximate surface area is 267 Å². The molecule has 46 heavy (non-hydrogen) atoms. The molecule has 0 aliphatic rings. The Morgan fingerprint density at radius 2 is 1.70 bits per heavy atom. The van der Waals surface area contributed by atoms with Crippen molar-refractivity contribution in [1.29, 1.82) is 0 Å². The lowest BCUT2D eigenvalue weighted by Gasteiger charge is -2.25. The number of aliphatic hydroxyl groups is 1. The van der Waals surface area contributed by atoms with Gasteiger partial charge in [0.25, 0.3) is 10.0 Å². The van der Waals surface area contributed by atoms with Crippen molar-refractivity contribution in [3.8, 4) is 23.0 Å². The molecule has 10 nitrogen and oxygen atoms in total. The number of hydrogen-bond acceptors (Lipinski definition) is 7. The number of alkyl carbamates (subject to hydrolysis) is 1. The Balaban J connectivity index is 2.04. The maximum atomic E-state index is 14.3. The van der Waals surface area contributed by atoms with Gasteiger partial charge in [0.1, 0.15) is 22.9 Å². The van der Waals surface area contributed by atoms with Crippen molar-refractivity contribution in [3.63, 3.8) is 0 Å². The van der Waals surface area contributed by atoms with Crippen LogP contribution >= 0.6 is 0 Å². The zero-order chi connectivity index (χ0) is 34.2. The molecule has 3 N–H and O–H groups in total. The van der Waals surface area contributed by atoms with E-state index in [2.05, 4.69) is 27.0 Å². The fraction of sp³-hybridized carbons (Fsp3) is 0.364. The number of sulfonamides is 1. The molecular formula is C33H37F2N5O5S. The van der Waals surface area contributed by atoms with Crippen molar-refractivity contribution in [3.05, 3.63) is 76.6 Å². The fourth-order valence-electron chi connectivity index (χ4n) is 4.87. The Morgan fingerprint density at radius 1 is 1.07 bits per heavy atom. The Kier molecular flexibility index (Phi) is 9.59. The number of ether oxygens (including phenoxy) is 1. The lowest BCUT2D eigenvalue weighted by molar-refractivity contribution is 0.0891. The molecular weight excluding hydrogens is 616 g/mol. The van der Waals surface area contributed by atoms with E-state index in [4.69, 9.17) is 9.72 Å². The van der Waals surface area contributed by atoms with Gasteiger partial charge in [0, 0.05) is 41.6 Å². The highest BCUT2D eigenvalue weighted by Gasteiger charge is 2.29. The van der Waals surface area contributed by atoms with Crippen LogP contribution in [0, 0.1) is 30.4 Å². The molecule has 0 saturated carbocycles. The van der Waals surface area contributed by atoms with E-state index in [0.717, 1.165) is 18.2 Å². The minimum atomic E-state index is -3.95. The molecule has 0 saturated heterocycles. The van der Waals surface area contributed by atoms with E-state index in [0.29, 0.717) is 27.6 Å². The number of carbonyl (C=O) groups excluding carboxylic acids is 1. The largest absolute Gasteiger partial charge is 0.439 e. The summed E-state index contributed by atoms with van der Waals surface area (Å²) in [6.45, 7) is 10.1. The molecule has 0 aliphatic heterocycles. The van der Waals surface area contributed by atoms with Crippen molar-refractivity contribution in [2.24, 2.45) is 7.05 Å². The smallest absolute Gasteiger partial charge is 0.408 e. The number of rotatable bonds is 7. The first-order valence-electron chi connectivity index (χ1n) is 14.4. The first-order chi connectivity index (χ1) is 21.3. The molecule has 244 valence electrons. The third-order valence-corrected chi connectivity index (χ3v) is 8.11. The van der Waals surface area contributed by atoms with E-state index in [9.17, 15) is 27.1 Å². The first kappa shape index (κ1) is 34.5. The number of nitrogens with one attached hydrogen (secondary N) is 2. The van der Waals surface area contributed by atoms with Crippen LogP contribution in [0.4, 0.5) is 13.6 Å². The molecule has 2 aromatic carbocycles. The summed E-state index contributed by atoms with van der Waals surface area (Å²) in [5.41, 5.74) is 0.642. The van der Waals surface area contributed by atoms with Gasteiger partial charge >= 0.3 is 6.09 Å². The average Bonchev–Trinajstić information content (AvgIpc) is 3.29. The second kappa shape index (κ2) is 12.8. The molecule has 0 unspecified atom stereocenters. The maximum absolute atomic E-state index is 14.3. The second-order valence-corrected chi connectivity index (χ2v) is 14.3. The van der Waals surface area contributed by atoms with Crippen molar-refractivity contribution >= 4 is 27.0 Å². The van der Waals surface area contributed by atoms with Crippen LogP contribution in [0.2, 0.25) is 0 Å². The molecule has 0 radical (unpaired) electrons. The quantitative estimate of drug-likeness (QED) is 0.237. The summed E-state index contributed by atoms with van der Waals surface area (Å²) >= 11 is 0. The fourth-order valence-corrected chi connectivity index (χ4v) is 5.82. The molecule has 0 aliphatic carbocycles. The topological polar surface area (TPSA) is 135 Å². The Morgan fingerprint density at radius 3 is 2.28 bits per heavy atom. The number of carbonyl (C=O) groups is 1. The standard InChI is InChI=1S/C33H37F2N5O5S/c1-19-9-11-25(29-27(19)30(39-40(29)8)46(43,44)36-7)24-12-10-23(13-14-33(5,6)42)37-28(24)26(45-31(41)38-32(2,3)4)17-20-15-21(34)18-22(35)16-20/h9-12,15-16,18,26,36,42H,17H2,1-8H3,(H,38,41)/t26-/m0/s1. The van der Waals surface area contributed by atoms with E-state index in [-0.39, 0.29) is 28.4 Å². The Bertz CT molecular complexity index is 1960. The van der Waals surface area contributed by atoms with Gasteiger partial charge in [0.15, 0.2) is 11.1 Å². The van der Waals surface area contributed by atoms with Crippen LogP contribution in [-0.4, -0.2) is 52.6 Å². The maximum Gasteiger partial charge on any atom is 0.408 e. The molecule has 0 bridgehead atoms. The van der Waals surface area contributed by atoms with Gasteiger partial charge in [-0.05, 0) is 89.9 Å². The number of pyridine rings is 1. The number of benzene rings is 2. The normalized spacial score (nSPS) is 12.8. The number of aryl methyl sites for hydroxylation is 2. The molecule has 1 atom stereocenters. The third-order valence-electron chi connectivity index (χ3n) is 6.77. The number of aromatic nitrogens is 3. The molecule has 4 aromatic rings. The summed E-state index contributed by atoms with van der Waals surface area (Å²) in [7, 11) is -1.05. The van der Waals surface area contributed by atoms with Gasteiger partial charge in [-0.2, -0.15) is 5.10 Å². The van der Waals surface area contributed by atoms with Gasteiger partial charge in [0.2, 0.25) is 0 Å². The van der Waals surface area contributed by atoms with Crippen LogP contribution < -0.4 is 10.0 Å². The third kappa shape index (κ3) is 8.06. The molecule has 13 heteroatoms. The molecule has 2 aromatic heterocycles. The number of fused-ring (bicyclic) bond motifs is 1. The van der Waals surface area contributed by atoms with Gasteiger partial charge in [0.05, 0.1) is 11.2 Å². The zero-order valence-electron chi connectivity index (χ0n) is 26.9. The SMILES string of the molecule is CNS(=O)(=O)c1nn(C)c2c(-c3ccc(C#CC(C)(C)O)nc3[C@H](Cc3cc(F)cc(F)c3)OC(=O)NC(C)(C)C)ccc(C)c12. The molecule has 2 heterocycles. The number of hydrogen-bond donors (Lipinski definition) is 3. The summed E-state index contributed by atoms with van der Waals surface area (Å²) in [5, 5.41) is 17.5. The lowest BCUT2D eigenvalue weighted by Crippen LogP contribution is -2.41. The number of halogens is 2. The lowest BCUT2D eigenvalue weighted by atomic mass is 9.94. The van der Waals surface area contributed by atoms with Gasteiger partial charge < -0.3 is 15.2 Å². The minimum Gasteiger partial charge on any atom is -0.439 e. The summed E-state index contributed by atoms with van der Waals surface area (Å²) in [5.74, 6) is 3.93. The predicted molar refractivity (Wildman–Crippen MR) is 170 cm³/mol. The molecule has 0 spiro atoms. The van der Waals surface area contributed by atoms with E-state index < -0.39 is 45.0 Å². The van der Waals surface area contributed by atoms with Crippen molar-refractivity contribution in [2.75, 3.05) is 7.05 Å². The highest BCUT2D eigenvalue weighted by atomic mass is 32.2. The van der Waals surface area contributed by atoms with Crippen LogP contribution in [-0.2, 0) is 28.2 Å². The monoisotopic (exact) mass is 653 g/mol. The summed E-state index contributed by atoms with van der Waals surface area (Å²) < 4.78 is 64.1. The first-order valence-corrected chi connectivity index (χ1v) is 15.9. The molecule has 0 fully saturated rings. The molecule has 1 amide bonds. The Hall–Kier alpha value is -4.38. The number of nitrogens with zero attached hydrogens (tertiary/aromatic N) is 3.